The van der Waals surface area contributed by atoms with Crippen LogP contribution in [0.25, 0.3) is 0 Å². The fourth-order valence-electron chi connectivity index (χ4n) is 1.41. The first-order valence-electron chi connectivity index (χ1n) is 5.51. The van der Waals surface area contributed by atoms with Gasteiger partial charge in [-0.25, -0.2) is 9.97 Å². The molecule has 1 heterocycles. The molecule has 0 aliphatic heterocycles. The number of nitrogen functional groups attached to an aromatic ring is 1. The summed E-state index contributed by atoms with van der Waals surface area (Å²) in [7, 11) is 0. The third-order valence-corrected chi connectivity index (χ3v) is 2.39. The number of nitrogens with two attached hydrogens (primary N) is 1. The Kier molecular flexibility index (Phi) is 3.23. The normalized spacial score (nSPS) is 10.5. The number of ether oxygens (including phenoxy) is 1. The Labute approximate surface area is 100 Å². The molecule has 0 bridgehead atoms. The molecular weight excluding hydrogens is 214 g/mol. The topological polar surface area (TPSA) is 61.0 Å². The van der Waals surface area contributed by atoms with E-state index < -0.39 is 0 Å². The highest BCUT2D eigenvalue weighted by molar-refractivity contribution is 5.53. The molecule has 0 spiro atoms. The summed E-state index contributed by atoms with van der Waals surface area (Å²) in [6.07, 6.45) is 1.50. The SMILES string of the molecule is CC(C)c1cc(Oc2ccccc2N)ncn1. The summed E-state index contributed by atoms with van der Waals surface area (Å²) in [5.41, 5.74) is 7.34. The third kappa shape index (κ3) is 2.72. The third-order valence-electron chi connectivity index (χ3n) is 2.39. The largest absolute Gasteiger partial charge is 0.437 e. The van der Waals surface area contributed by atoms with Gasteiger partial charge in [0.1, 0.15) is 6.33 Å². The van der Waals surface area contributed by atoms with Gasteiger partial charge in [0.05, 0.1) is 11.4 Å². The first-order chi connectivity index (χ1) is 8.16. The standard InChI is InChI=1S/C13H15N3O/c1-9(2)11-7-13(16-8-15-11)17-12-6-4-3-5-10(12)14/h3-9H,14H2,1-2H3. The lowest BCUT2D eigenvalue weighted by atomic mass is 10.1. The van der Waals surface area contributed by atoms with Crippen LogP contribution in [0, 0.1) is 0 Å². The van der Waals surface area contributed by atoms with E-state index in [1.807, 2.05) is 24.3 Å². The highest BCUT2D eigenvalue weighted by Gasteiger charge is 2.06. The molecule has 2 N–H and O–H groups in total. The lowest BCUT2D eigenvalue weighted by Gasteiger charge is -2.09. The molecule has 4 heteroatoms. The number of hydrogen-bond acceptors (Lipinski definition) is 4. The number of rotatable bonds is 3. The highest BCUT2D eigenvalue weighted by Crippen LogP contribution is 2.26. The Balaban J connectivity index is 2.25. The van der Waals surface area contributed by atoms with E-state index in [9.17, 15) is 0 Å². The van der Waals surface area contributed by atoms with E-state index in [1.165, 1.54) is 6.33 Å². The summed E-state index contributed by atoms with van der Waals surface area (Å²) in [4.78, 5) is 8.25. The lowest BCUT2D eigenvalue weighted by Crippen LogP contribution is -1.97. The lowest BCUT2D eigenvalue weighted by molar-refractivity contribution is 0.461. The quantitative estimate of drug-likeness (QED) is 0.822. The van der Waals surface area contributed by atoms with Crippen LogP contribution in [-0.2, 0) is 0 Å². The molecule has 0 saturated heterocycles. The Morgan fingerprint density at radius 1 is 1.18 bits per heavy atom. The Morgan fingerprint density at radius 2 is 1.94 bits per heavy atom. The second-order valence-corrected chi connectivity index (χ2v) is 4.08. The van der Waals surface area contributed by atoms with Crippen molar-refractivity contribution in [3.8, 4) is 11.6 Å². The minimum absolute atomic E-state index is 0.341. The van der Waals surface area contributed by atoms with Gasteiger partial charge in [0, 0.05) is 6.07 Å². The molecule has 2 aromatic rings. The average molecular weight is 229 g/mol. The van der Waals surface area contributed by atoms with Crippen LogP contribution in [0.15, 0.2) is 36.7 Å². The van der Waals surface area contributed by atoms with Gasteiger partial charge in [-0.05, 0) is 18.1 Å². The van der Waals surface area contributed by atoms with Crippen LogP contribution in [0.5, 0.6) is 11.6 Å². The number of hydrogen-bond donors (Lipinski definition) is 1. The second-order valence-electron chi connectivity index (χ2n) is 4.08. The van der Waals surface area contributed by atoms with Gasteiger partial charge in [-0.1, -0.05) is 26.0 Å². The average Bonchev–Trinajstić information content (AvgIpc) is 2.32. The zero-order valence-corrected chi connectivity index (χ0v) is 9.92. The summed E-state index contributed by atoms with van der Waals surface area (Å²) < 4.78 is 5.62. The molecule has 0 unspecified atom stereocenters. The fraction of sp³-hybridized carbons (Fsp3) is 0.231. The molecule has 0 saturated carbocycles. The minimum Gasteiger partial charge on any atom is -0.437 e. The highest BCUT2D eigenvalue weighted by atomic mass is 16.5. The summed E-state index contributed by atoms with van der Waals surface area (Å²) in [5.74, 6) is 1.47. The van der Waals surface area contributed by atoms with Crippen LogP contribution >= 0.6 is 0 Å². The van der Waals surface area contributed by atoms with Crippen molar-refractivity contribution >= 4 is 5.69 Å². The van der Waals surface area contributed by atoms with E-state index in [-0.39, 0.29) is 0 Å². The smallest absolute Gasteiger partial charge is 0.222 e. The summed E-state index contributed by atoms with van der Waals surface area (Å²) in [6, 6.07) is 9.17. The van der Waals surface area contributed by atoms with Crippen LogP contribution in [0.2, 0.25) is 0 Å². The van der Waals surface area contributed by atoms with E-state index in [4.69, 9.17) is 10.5 Å². The molecule has 4 nitrogen and oxygen atoms in total. The Morgan fingerprint density at radius 3 is 2.65 bits per heavy atom. The van der Waals surface area contributed by atoms with Crippen molar-refractivity contribution in [2.24, 2.45) is 0 Å². The van der Waals surface area contributed by atoms with Crippen LogP contribution in [0.4, 0.5) is 5.69 Å². The first kappa shape index (κ1) is 11.4. The van der Waals surface area contributed by atoms with Gasteiger partial charge in [-0.3, -0.25) is 0 Å². The molecule has 1 aromatic carbocycles. The van der Waals surface area contributed by atoms with E-state index in [1.54, 1.807) is 6.07 Å². The fourth-order valence-corrected chi connectivity index (χ4v) is 1.41. The van der Waals surface area contributed by atoms with Crippen molar-refractivity contribution < 1.29 is 4.74 Å². The molecule has 0 aliphatic rings. The van der Waals surface area contributed by atoms with Crippen LogP contribution in [0.1, 0.15) is 25.5 Å². The van der Waals surface area contributed by atoms with Gasteiger partial charge in [0.2, 0.25) is 5.88 Å². The minimum atomic E-state index is 0.341. The predicted octanol–water partition coefficient (Wildman–Crippen LogP) is 2.97. The van der Waals surface area contributed by atoms with E-state index in [0.29, 0.717) is 23.2 Å². The Hall–Kier alpha value is -2.10. The molecule has 1 aromatic heterocycles. The first-order valence-corrected chi connectivity index (χ1v) is 5.51. The number of aromatic nitrogens is 2. The molecule has 0 aliphatic carbocycles. The maximum Gasteiger partial charge on any atom is 0.222 e. The maximum atomic E-state index is 5.80. The molecule has 88 valence electrons. The predicted molar refractivity (Wildman–Crippen MR) is 67.0 cm³/mol. The van der Waals surface area contributed by atoms with E-state index in [2.05, 4.69) is 23.8 Å². The van der Waals surface area contributed by atoms with Gasteiger partial charge < -0.3 is 10.5 Å². The monoisotopic (exact) mass is 229 g/mol. The maximum absolute atomic E-state index is 5.80. The summed E-state index contributed by atoms with van der Waals surface area (Å²) >= 11 is 0. The zero-order valence-electron chi connectivity index (χ0n) is 9.92. The summed E-state index contributed by atoms with van der Waals surface area (Å²) in [6.45, 7) is 4.14. The number of nitrogens with zero attached hydrogens (tertiary/aromatic N) is 2. The molecule has 0 radical (unpaired) electrons. The number of benzene rings is 1. The van der Waals surface area contributed by atoms with Gasteiger partial charge in [0.15, 0.2) is 5.75 Å². The molecule has 0 atom stereocenters. The van der Waals surface area contributed by atoms with Crippen molar-refractivity contribution in [2.45, 2.75) is 19.8 Å². The molecule has 17 heavy (non-hydrogen) atoms. The molecule has 0 amide bonds. The van der Waals surface area contributed by atoms with Crippen LogP contribution in [0.3, 0.4) is 0 Å². The van der Waals surface area contributed by atoms with E-state index in [0.717, 1.165) is 5.69 Å². The molecule has 0 fully saturated rings. The van der Waals surface area contributed by atoms with Crippen LogP contribution in [-0.4, -0.2) is 9.97 Å². The van der Waals surface area contributed by atoms with Gasteiger partial charge in [0.25, 0.3) is 0 Å². The van der Waals surface area contributed by atoms with Crippen molar-refractivity contribution in [2.75, 3.05) is 5.73 Å². The van der Waals surface area contributed by atoms with Crippen molar-refractivity contribution in [1.29, 1.82) is 0 Å². The van der Waals surface area contributed by atoms with Crippen LogP contribution < -0.4 is 10.5 Å². The van der Waals surface area contributed by atoms with Crippen molar-refractivity contribution in [3.63, 3.8) is 0 Å². The van der Waals surface area contributed by atoms with Crippen molar-refractivity contribution in [3.05, 3.63) is 42.4 Å². The van der Waals surface area contributed by atoms with Gasteiger partial charge in [-0.15, -0.1) is 0 Å². The zero-order chi connectivity index (χ0) is 12.3. The van der Waals surface area contributed by atoms with Gasteiger partial charge in [-0.2, -0.15) is 0 Å². The molecular formula is C13H15N3O. The number of para-hydroxylation sites is 2. The number of anilines is 1. The second kappa shape index (κ2) is 4.82. The molecule has 2 rings (SSSR count). The van der Waals surface area contributed by atoms with Gasteiger partial charge >= 0.3 is 0 Å². The van der Waals surface area contributed by atoms with E-state index >= 15 is 0 Å². The van der Waals surface area contributed by atoms with Crippen molar-refractivity contribution in [1.82, 2.24) is 9.97 Å². The summed E-state index contributed by atoms with van der Waals surface area (Å²) in [5, 5.41) is 0. The Bertz CT molecular complexity index is 512.